The van der Waals surface area contributed by atoms with Crippen molar-refractivity contribution in [1.29, 1.82) is 0 Å². The van der Waals surface area contributed by atoms with Gasteiger partial charge in [-0.15, -0.1) is 0 Å². The summed E-state index contributed by atoms with van der Waals surface area (Å²) >= 11 is 0. The lowest BCUT2D eigenvalue weighted by atomic mass is 9.95. The summed E-state index contributed by atoms with van der Waals surface area (Å²) in [7, 11) is 1.38. The molecule has 0 spiro atoms. The predicted octanol–water partition coefficient (Wildman–Crippen LogP) is 2.24. The summed E-state index contributed by atoms with van der Waals surface area (Å²) in [6.45, 7) is 3.92. The molecule has 0 aromatic carbocycles. The van der Waals surface area contributed by atoms with E-state index >= 15 is 0 Å². The zero-order valence-electron chi connectivity index (χ0n) is 9.64. The van der Waals surface area contributed by atoms with Gasteiger partial charge in [-0.05, 0) is 13.3 Å². The Balaban J connectivity index is 3.60. The molecule has 0 saturated heterocycles. The molecule has 84 valence electrons. The SMILES string of the molecule is CCCCCCCC(C)(N)C(=O)OC. The Morgan fingerprint density at radius 2 is 1.86 bits per heavy atom. The van der Waals surface area contributed by atoms with Crippen molar-refractivity contribution in [3.05, 3.63) is 0 Å². The molecule has 0 saturated carbocycles. The van der Waals surface area contributed by atoms with E-state index in [-0.39, 0.29) is 5.97 Å². The van der Waals surface area contributed by atoms with E-state index in [1.54, 1.807) is 6.92 Å². The molecular formula is C11H23NO2. The van der Waals surface area contributed by atoms with Crippen LogP contribution in [0.5, 0.6) is 0 Å². The maximum Gasteiger partial charge on any atom is 0.325 e. The van der Waals surface area contributed by atoms with E-state index in [1.807, 2.05) is 0 Å². The van der Waals surface area contributed by atoms with Crippen LogP contribution in [0.4, 0.5) is 0 Å². The number of carbonyl (C=O) groups is 1. The number of hydrogen-bond donors (Lipinski definition) is 1. The highest BCUT2D eigenvalue weighted by Crippen LogP contribution is 2.14. The number of esters is 1. The molecule has 0 aromatic rings. The van der Waals surface area contributed by atoms with Gasteiger partial charge in [0.25, 0.3) is 0 Å². The minimum Gasteiger partial charge on any atom is -0.468 e. The van der Waals surface area contributed by atoms with E-state index in [0.29, 0.717) is 6.42 Å². The lowest BCUT2D eigenvalue weighted by Crippen LogP contribution is -2.45. The Morgan fingerprint density at radius 3 is 2.36 bits per heavy atom. The normalized spacial score (nSPS) is 14.9. The number of unbranched alkanes of at least 4 members (excludes halogenated alkanes) is 4. The second-order valence-electron chi connectivity index (χ2n) is 4.07. The van der Waals surface area contributed by atoms with Gasteiger partial charge < -0.3 is 10.5 Å². The number of carbonyl (C=O) groups excluding carboxylic acids is 1. The molecule has 0 heterocycles. The van der Waals surface area contributed by atoms with Crippen molar-refractivity contribution in [2.24, 2.45) is 5.73 Å². The van der Waals surface area contributed by atoms with Gasteiger partial charge in [0, 0.05) is 0 Å². The van der Waals surface area contributed by atoms with Gasteiger partial charge in [-0.1, -0.05) is 39.0 Å². The van der Waals surface area contributed by atoms with E-state index in [2.05, 4.69) is 11.7 Å². The maximum atomic E-state index is 11.2. The largest absolute Gasteiger partial charge is 0.468 e. The van der Waals surface area contributed by atoms with Gasteiger partial charge in [0.05, 0.1) is 7.11 Å². The highest BCUT2D eigenvalue weighted by atomic mass is 16.5. The van der Waals surface area contributed by atoms with Crippen LogP contribution in [-0.4, -0.2) is 18.6 Å². The molecule has 0 amide bonds. The number of methoxy groups -OCH3 is 1. The average Bonchev–Trinajstić information content (AvgIpc) is 2.16. The average molecular weight is 201 g/mol. The van der Waals surface area contributed by atoms with Crippen molar-refractivity contribution in [1.82, 2.24) is 0 Å². The molecule has 0 aliphatic carbocycles. The highest BCUT2D eigenvalue weighted by molar-refractivity contribution is 5.79. The van der Waals surface area contributed by atoms with Crippen LogP contribution in [0, 0.1) is 0 Å². The zero-order chi connectivity index (χ0) is 11.0. The number of nitrogens with two attached hydrogens (primary N) is 1. The van der Waals surface area contributed by atoms with Crippen LogP contribution in [0.2, 0.25) is 0 Å². The molecule has 0 bridgehead atoms. The zero-order valence-corrected chi connectivity index (χ0v) is 9.64. The van der Waals surface area contributed by atoms with Crippen molar-refractivity contribution < 1.29 is 9.53 Å². The van der Waals surface area contributed by atoms with Gasteiger partial charge in [-0.2, -0.15) is 0 Å². The summed E-state index contributed by atoms with van der Waals surface area (Å²) < 4.78 is 4.63. The minimum atomic E-state index is -0.805. The molecule has 0 radical (unpaired) electrons. The topological polar surface area (TPSA) is 52.3 Å². The molecule has 3 heteroatoms. The molecule has 3 nitrogen and oxygen atoms in total. The fourth-order valence-corrected chi connectivity index (χ4v) is 1.43. The second kappa shape index (κ2) is 6.82. The maximum absolute atomic E-state index is 11.2. The van der Waals surface area contributed by atoms with Crippen molar-refractivity contribution in [3.8, 4) is 0 Å². The van der Waals surface area contributed by atoms with Crippen LogP contribution in [0.3, 0.4) is 0 Å². The fourth-order valence-electron chi connectivity index (χ4n) is 1.43. The Hall–Kier alpha value is -0.570. The molecule has 0 rings (SSSR count). The van der Waals surface area contributed by atoms with Crippen molar-refractivity contribution in [2.45, 2.75) is 57.9 Å². The molecule has 0 aliphatic heterocycles. The van der Waals surface area contributed by atoms with Crippen LogP contribution in [0.1, 0.15) is 52.4 Å². The standard InChI is InChI=1S/C11H23NO2/c1-4-5-6-7-8-9-11(2,12)10(13)14-3/h4-9,12H2,1-3H3. The van der Waals surface area contributed by atoms with Crippen LogP contribution in [0.25, 0.3) is 0 Å². The first-order valence-corrected chi connectivity index (χ1v) is 5.42. The van der Waals surface area contributed by atoms with Gasteiger partial charge in [0.1, 0.15) is 5.54 Å². The van der Waals surface area contributed by atoms with Crippen LogP contribution in [0.15, 0.2) is 0 Å². The third-order valence-electron chi connectivity index (χ3n) is 2.45. The Kier molecular flexibility index (Phi) is 6.54. The fraction of sp³-hybridized carbons (Fsp3) is 0.909. The third kappa shape index (κ3) is 5.22. The number of hydrogen-bond acceptors (Lipinski definition) is 3. The summed E-state index contributed by atoms with van der Waals surface area (Å²) in [5.74, 6) is -0.312. The van der Waals surface area contributed by atoms with Gasteiger partial charge in [-0.25, -0.2) is 0 Å². The first-order chi connectivity index (χ1) is 6.54. The van der Waals surface area contributed by atoms with Crippen LogP contribution >= 0.6 is 0 Å². The lowest BCUT2D eigenvalue weighted by Gasteiger charge is -2.20. The number of rotatable bonds is 7. The number of ether oxygens (including phenoxy) is 1. The Morgan fingerprint density at radius 1 is 1.29 bits per heavy atom. The van der Waals surface area contributed by atoms with Crippen molar-refractivity contribution >= 4 is 5.97 Å². The smallest absolute Gasteiger partial charge is 0.325 e. The van der Waals surface area contributed by atoms with Gasteiger partial charge >= 0.3 is 5.97 Å². The van der Waals surface area contributed by atoms with E-state index in [9.17, 15) is 4.79 Å². The summed E-state index contributed by atoms with van der Waals surface area (Å²) in [6, 6.07) is 0. The van der Waals surface area contributed by atoms with Gasteiger partial charge in [0.2, 0.25) is 0 Å². The van der Waals surface area contributed by atoms with Crippen LogP contribution in [-0.2, 0) is 9.53 Å². The third-order valence-corrected chi connectivity index (χ3v) is 2.45. The van der Waals surface area contributed by atoms with E-state index in [0.717, 1.165) is 12.8 Å². The van der Waals surface area contributed by atoms with Crippen molar-refractivity contribution in [3.63, 3.8) is 0 Å². The van der Waals surface area contributed by atoms with Gasteiger partial charge in [0.15, 0.2) is 0 Å². The first-order valence-electron chi connectivity index (χ1n) is 5.42. The molecular weight excluding hydrogens is 178 g/mol. The summed E-state index contributed by atoms with van der Waals surface area (Å²) in [5, 5.41) is 0. The minimum absolute atomic E-state index is 0.312. The molecule has 0 fully saturated rings. The lowest BCUT2D eigenvalue weighted by molar-refractivity contribution is -0.146. The van der Waals surface area contributed by atoms with Crippen molar-refractivity contribution in [2.75, 3.05) is 7.11 Å². The monoisotopic (exact) mass is 201 g/mol. The Labute approximate surface area is 87.0 Å². The molecule has 14 heavy (non-hydrogen) atoms. The van der Waals surface area contributed by atoms with Crippen LogP contribution < -0.4 is 5.73 Å². The van der Waals surface area contributed by atoms with E-state index in [1.165, 1.54) is 26.4 Å². The van der Waals surface area contributed by atoms with E-state index in [4.69, 9.17) is 5.73 Å². The molecule has 2 N–H and O–H groups in total. The first kappa shape index (κ1) is 13.4. The molecule has 0 aliphatic rings. The molecule has 0 aromatic heterocycles. The van der Waals surface area contributed by atoms with Gasteiger partial charge in [-0.3, -0.25) is 4.79 Å². The summed E-state index contributed by atoms with van der Waals surface area (Å²) in [5.41, 5.74) is 5.01. The molecule has 1 atom stereocenters. The quantitative estimate of drug-likeness (QED) is 0.507. The van der Waals surface area contributed by atoms with E-state index < -0.39 is 5.54 Å². The highest BCUT2D eigenvalue weighted by Gasteiger charge is 2.28. The Bertz CT molecular complexity index is 167. The molecule has 1 unspecified atom stereocenters. The summed E-state index contributed by atoms with van der Waals surface area (Å²) in [4.78, 5) is 11.2. The predicted molar refractivity (Wildman–Crippen MR) is 58.0 cm³/mol. The second-order valence-corrected chi connectivity index (χ2v) is 4.07. The summed E-state index contributed by atoms with van der Waals surface area (Å²) in [6.07, 6.45) is 6.59.